The molecular formula is C20H36N6. The third-order valence-electron chi connectivity index (χ3n) is 5.85. The Morgan fingerprint density at radius 1 is 1.35 bits per heavy atom. The summed E-state index contributed by atoms with van der Waals surface area (Å²) in [4.78, 5) is 7.05. The number of aryl methyl sites for hydroxylation is 1. The molecule has 1 aromatic rings. The maximum atomic E-state index is 4.78. The van der Waals surface area contributed by atoms with E-state index >= 15 is 0 Å². The highest BCUT2D eigenvalue weighted by Gasteiger charge is 2.24. The van der Waals surface area contributed by atoms with Gasteiger partial charge in [-0.25, -0.2) is 0 Å². The van der Waals surface area contributed by atoms with E-state index in [0.717, 1.165) is 38.3 Å². The minimum Gasteiger partial charge on any atom is -0.355 e. The van der Waals surface area contributed by atoms with E-state index in [1.807, 2.05) is 7.05 Å². The van der Waals surface area contributed by atoms with Crippen LogP contribution in [0.25, 0.3) is 0 Å². The number of hydrogen-bond donors (Lipinski definition) is 2. The molecule has 1 saturated heterocycles. The van der Waals surface area contributed by atoms with E-state index in [1.165, 1.54) is 37.1 Å². The summed E-state index contributed by atoms with van der Waals surface area (Å²) in [5.41, 5.74) is 2.67. The summed E-state index contributed by atoms with van der Waals surface area (Å²) in [5, 5.41) is 12.0. The van der Waals surface area contributed by atoms with Gasteiger partial charge in [-0.2, -0.15) is 5.10 Å². The van der Waals surface area contributed by atoms with Gasteiger partial charge in [-0.15, -0.1) is 0 Å². The molecule has 0 saturated carbocycles. The molecule has 0 aromatic carbocycles. The van der Waals surface area contributed by atoms with Gasteiger partial charge in [0.05, 0.1) is 5.69 Å². The van der Waals surface area contributed by atoms with Crippen LogP contribution in [0.2, 0.25) is 0 Å². The Hall–Kier alpha value is -1.56. The molecule has 2 unspecified atom stereocenters. The van der Waals surface area contributed by atoms with Crippen molar-refractivity contribution in [3.8, 4) is 0 Å². The van der Waals surface area contributed by atoms with Crippen molar-refractivity contribution < 1.29 is 0 Å². The van der Waals surface area contributed by atoms with Crippen molar-refractivity contribution >= 4 is 5.96 Å². The van der Waals surface area contributed by atoms with Crippen molar-refractivity contribution in [2.75, 3.05) is 26.7 Å². The van der Waals surface area contributed by atoms with Crippen LogP contribution in [-0.4, -0.2) is 59.4 Å². The predicted molar refractivity (Wildman–Crippen MR) is 108 cm³/mol. The van der Waals surface area contributed by atoms with Crippen LogP contribution >= 0.6 is 0 Å². The van der Waals surface area contributed by atoms with Crippen molar-refractivity contribution in [2.24, 2.45) is 4.99 Å². The Labute approximate surface area is 158 Å². The molecule has 0 bridgehead atoms. The number of fused-ring (bicyclic) bond motifs is 1. The van der Waals surface area contributed by atoms with Crippen LogP contribution in [0, 0.1) is 0 Å². The zero-order chi connectivity index (χ0) is 18.5. The maximum absolute atomic E-state index is 4.78. The lowest BCUT2D eigenvalue weighted by atomic mass is 9.94. The van der Waals surface area contributed by atoms with Crippen molar-refractivity contribution in [2.45, 2.75) is 77.4 Å². The molecule has 0 radical (unpaired) electrons. The van der Waals surface area contributed by atoms with Crippen molar-refractivity contribution in [3.63, 3.8) is 0 Å². The second kappa shape index (κ2) is 8.89. The Morgan fingerprint density at radius 3 is 2.92 bits per heavy atom. The van der Waals surface area contributed by atoms with Gasteiger partial charge in [0, 0.05) is 44.3 Å². The Morgan fingerprint density at radius 2 is 2.19 bits per heavy atom. The Balaban J connectivity index is 1.52. The van der Waals surface area contributed by atoms with Gasteiger partial charge in [-0.1, -0.05) is 13.3 Å². The number of piperidine rings is 1. The fourth-order valence-electron chi connectivity index (χ4n) is 4.21. The number of hydrogen-bond acceptors (Lipinski definition) is 3. The summed E-state index contributed by atoms with van der Waals surface area (Å²) in [7, 11) is 1.87. The van der Waals surface area contributed by atoms with Gasteiger partial charge in [0.15, 0.2) is 5.96 Å². The normalized spacial score (nSPS) is 24.6. The molecule has 1 aromatic heterocycles. The molecule has 0 amide bonds. The first kappa shape index (κ1) is 19.2. The number of likely N-dealkylation sites (tertiary alicyclic amines) is 1. The van der Waals surface area contributed by atoms with Gasteiger partial charge >= 0.3 is 0 Å². The molecule has 1 aliphatic heterocycles. The minimum atomic E-state index is 0.415. The summed E-state index contributed by atoms with van der Waals surface area (Å²) in [6.07, 6.45) is 9.43. The summed E-state index contributed by atoms with van der Waals surface area (Å²) in [6, 6.07) is 1.48. The minimum absolute atomic E-state index is 0.415. The number of aliphatic imine (C=N–C) groups is 1. The Bertz CT molecular complexity index is 605. The van der Waals surface area contributed by atoms with Gasteiger partial charge in [-0.05, 0) is 58.2 Å². The monoisotopic (exact) mass is 360 g/mol. The number of aromatic nitrogens is 2. The van der Waals surface area contributed by atoms with Crippen LogP contribution in [-0.2, 0) is 12.8 Å². The standard InChI is InChI=1S/C20H36N6/c1-5-25-11-7-6-8-18(25)13-22-20(21-4)23-17-10-9-16-14-26(15(2)3)24-19(16)12-17/h14-15,17-18H,5-13H2,1-4H3,(H2,21,22,23). The van der Waals surface area contributed by atoms with Gasteiger partial charge in [0.1, 0.15) is 0 Å². The highest BCUT2D eigenvalue weighted by Crippen LogP contribution is 2.22. The first-order chi connectivity index (χ1) is 12.6. The molecule has 2 atom stereocenters. The van der Waals surface area contributed by atoms with E-state index in [0.29, 0.717) is 18.1 Å². The van der Waals surface area contributed by atoms with Gasteiger partial charge in [0.2, 0.25) is 0 Å². The zero-order valence-electron chi connectivity index (χ0n) is 17.0. The summed E-state index contributed by atoms with van der Waals surface area (Å²) < 4.78 is 2.10. The first-order valence-electron chi connectivity index (χ1n) is 10.4. The van der Waals surface area contributed by atoms with Crippen molar-refractivity contribution in [1.29, 1.82) is 0 Å². The third kappa shape index (κ3) is 4.58. The van der Waals surface area contributed by atoms with Crippen molar-refractivity contribution in [1.82, 2.24) is 25.3 Å². The fraction of sp³-hybridized carbons (Fsp3) is 0.800. The molecule has 2 N–H and O–H groups in total. The van der Waals surface area contributed by atoms with Gasteiger partial charge < -0.3 is 10.6 Å². The number of nitrogens with zero attached hydrogens (tertiary/aromatic N) is 4. The largest absolute Gasteiger partial charge is 0.355 e. The summed E-state index contributed by atoms with van der Waals surface area (Å²) in [6.45, 7) is 9.99. The molecule has 6 heteroatoms. The molecule has 1 fully saturated rings. The van der Waals surface area contributed by atoms with Crippen LogP contribution in [0.1, 0.15) is 63.8 Å². The van der Waals surface area contributed by atoms with Crippen LogP contribution in [0.4, 0.5) is 0 Å². The molecule has 2 heterocycles. The Kier molecular flexibility index (Phi) is 6.57. The fourth-order valence-corrected chi connectivity index (χ4v) is 4.21. The SMILES string of the molecule is CCN1CCCCC1CNC(=NC)NC1CCc2cn(C(C)C)nc2C1. The number of nitrogens with one attached hydrogen (secondary N) is 2. The average Bonchev–Trinajstić information content (AvgIpc) is 3.09. The molecule has 0 spiro atoms. The molecule has 26 heavy (non-hydrogen) atoms. The van der Waals surface area contributed by atoms with Gasteiger partial charge in [-0.3, -0.25) is 14.6 Å². The van der Waals surface area contributed by atoms with Crippen molar-refractivity contribution in [3.05, 3.63) is 17.5 Å². The number of guanidine groups is 1. The second-order valence-electron chi connectivity index (χ2n) is 7.99. The molecule has 1 aliphatic carbocycles. The maximum Gasteiger partial charge on any atom is 0.191 e. The highest BCUT2D eigenvalue weighted by atomic mass is 15.3. The van der Waals surface area contributed by atoms with E-state index in [-0.39, 0.29) is 0 Å². The molecule has 2 aliphatic rings. The lowest BCUT2D eigenvalue weighted by Gasteiger charge is -2.35. The number of likely N-dealkylation sites (N-methyl/N-ethyl adjacent to an activating group) is 1. The first-order valence-corrected chi connectivity index (χ1v) is 10.4. The van der Waals surface area contributed by atoms with E-state index in [2.05, 4.69) is 52.2 Å². The van der Waals surface area contributed by atoms with Crippen LogP contribution in [0.3, 0.4) is 0 Å². The van der Waals surface area contributed by atoms with Crippen LogP contribution in [0.15, 0.2) is 11.2 Å². The topological polar surface area (TPSA) is 57.5 Å². The smallest absolute Gasteiger partial charge is 0.191 e. The molecule has 146 valence electrons. The quantitative estimate of drug-likeness (QED) is 0.625. The lowest BCUT2D eigenvalue weighted by Crippen LogP contribution is -2.51. The highest BCUT2D eigenvalue weighted by molar-refractivity contribution is 5.80. The van der Waals surface area contributed by atoms with Gasteiger partial charge in [0.25, 0.3) is 0 Å². The van der Waals surface area contributed by atoms with Crippen LogP contribution < -0.4 is 10.6 Å². The average molecular weight is 361 g/mol. The van der Waals surface area contributed by atoms with E-state index < -0.39 is 0 Å². The third-order valence-corrected chi connectivity index (χ3v) is 5.85. The molecule has 3 rings (SSSR count). The predicted octanol–water partition coefficient (Wildman–Crippen LogP) is 2.36. The summed E-state index contributed by atoms with van der Waals surface area (Å²) in [5.74, 6) is 0.934. The molecule has 6 nitrogen and oxygen atoms in total. The number of rotatable bonds is 5. The van der Waals surface area contributed by atoms with Crippen LogP contribution in [0.5, 0.6) is 0 Å². The van der Waals surface area contributed by atoms with E-state index in [1.54, 1.807) is 0 Å². The summed E-state index contributed by atoms with van der Waals surface area (Å²) >= 11 is 0. The molecular weight excluding hydrogens is 324 g/mol. The van der Waals surface area contributed by atoms with E-state index in [4.69, 9.17) is 5.10 Å². The van der Waals surface area contributed by atoms with E-state index in [9.17, 15) is 0 Å². The zero-order valence-corrected chi connectivity index (χ0v) is 17.0. The second-order valence-corrected chi connectivity index (χ2v) is 7.99. The lowest BCUT2D eigenvalue weighted by molar-refractivity contribution is 0.157.